The third kappa shape index (κ3) is 4.03. The van der Waals surface area contributed by atoms with Crippen molar-refractivity contribution >= 4 is 28.7 Å². The van der Waals surface area contributed by atoms with Crippen LogP contribution in [0.25, 0.3) is 22.2 Å². The van der Waals surface area contributed by atoms with Crippen molar-refractivity contribution in [3.63, 3.8) is 0 Å². The fraction of sp³-hybridized carbons (Fsp3) is 0.174. The van der Waals surface area contributed by atoms with Crippen molar-refractivity contribution in [3.05, 3.63) is 72.3 Å². The average Bonchev–Trinajstić information content (AvgIpc) is 3.19. The standard InChI is InChI=1S/C23H22N4OS/c1-3-15-28-21-14-13-17-9-7-8-12-19(17)20(21)16-24-27-22(25-26-23(27)29-2)18-10-5-4-6-11-18/h4-14,16H,3,15H2,1-2H3. The molecule has 0 aliphatic rings. The Kier molecular flexibility index (Phi) is 5.91. The lowest BCUT2D eigenvalue weighted by atomic mass is 10.0. The van der Waals surface area contributed by atoms with Crippen LogP contribution in [0.4, 0.5) is 0 Å². The third-order valence-corrected chi connectivity index (χ3v) is 5.14. The van der Waals surface area contributed by atoms with Crippen LogP contribution < -0.4 is 4.74 Å². The first-order chi connectivity index (χ1) is 14.3. The van der Waals surface area contributed by atoms with Crippen molar-refractivity contribution in [2.75, 3.05) is 12.9 Å². The first-order valence-electron chi connectivity index (χ1n) is 9.55. The van der Waals surface area contributed by atoms with Crippen LogP contribution in [0.5, 0.6) is 5.75 Å². The van der Waals surface area contributed by atoms with Gasteiger partial charge in [0.05, 0.1) is 12.8 Å². The molecule has 0 aliphatic heterocycles. The molecule has 0 N–H and O–H groups in total. The van der Waals surface area contributed by atoms with Crippen molar-refractivity contribution in [2.45, 2.75) is 18.5 Å². The van der Waals surface area contributed by atoms with Gasteiger partial charge in [-0.2, -0.15) is 9.78 Å². The summed E-state index contributed by atoms with van der Waals surface area (Å²) in [7, 11) is 0. The molecule has 0 radical (unpaired) electrons. The lowest BCUT2D eigenvalue weighted by Crippen LogP contribution is -2.01. The van der Waals surface area contributed by atoms with Crippen molar-refractivity contribution in [3.8, 4) is 17.1 Å². The van der Waals surface area contributed by atoms with E-state index in [1.807, 2.05) is 61.0 Å². The van der Waals surface area contributed by atoms with Gasteiger partial charge in [0.25, 0.3) is 0 Å². The number of thioether (sulfide) groups is 1. The Bertz CT molecular complexity index is 1140. The number of rotatable bonds is 7. The van der Waals surface area contributed by atoms with E-state index in [1.54, 1.807) is 4.68 Å². The molecule has 1 aromatic heterocycles. The van der Waals surface area contributed by atoms with Gasteiger partial charge >= 0.3 is 0 Å². The number of hydrogen-bond donors (Lipinski definition) is 0. The Morgan fingerprint density at radius 1 is 1.00 bits per heavy atom. The lowest BCUT2D eigenvalue weighted by molar-refractivity contribution is 0.317. The monoisotopic (exact) mass is 402 g/mol. The van der Waals surface area contributed by atoms with E-state index in [-0.39, 0.29) is 0 Å². The molecule has 29 heavy (non-hydrogen) atoms. The number of hydrogen-bond acceptors (Lipinski definition) is 5. The fourth-order valence-corrected chi connectivity index (χ4v) is 3.56. The van der Waals surface area contributed by atoms with E-state index in [0.717, 1.165) is 39.2 Å². The number of aromatic nitrogens is 3. The minimum Gasteiger partial charge on any atom is -0.493 e. The molecule has 3 aromatic carbocycles. The highest BCUT2D eigenvalue weighted by Gasteiger charge is 2.13. The average molecular weight is 403 g/mol. The predicted molar refractivity (Wildman–Crippen MR) is 120 cm³/mol. The smallest absolute Gasteiger partial charge is 0.212 e. The zero-order valence-electron chi connectivity index (χ0n) is 16.4. The molecule has 0 bridgehead atoms. The molecule has 4 aromatic rings. The molecule has 6 heteroatoms. The van der Waals surface area contributed by atoms with E-state index in [1.165, 1.54) is 11.8 Å². The maximum Gasteiger partial charge on any atom is 0.212 e. The quantitative estimate of drug-likeness (QED) is 0.303. The number of ether oxygens (including phenoxy) is 1. The highest BCUT2D eigenvalue weighted by atomic mass is 32.2. The predicted octanol–water partition coefficient (Wildman–Crippen LogP) is 5.49. The van der Waals surface area contributed by atoms with Gasteiger partial charge in [-0.1, -0.05) is 79.3 Å². The van der Waals surface area contributed by atoms with Crippen molar-refractivity contribution in [1.29, 1.82) is 0 Å². The molecule has 0 atom stereocenters. The third-order valence-electron chi connectivity index (χ3n) is 4.52. The second kappa shape index (κ2) is 8.92. The zero-order chi connectivity index (χ0) is 20.1. The van der Waals surface area contributed by atoms with Crippen molar-refractivity contribution in [2.24, 2.45) is 5.10 Å². The Morgan fingerprint density at radius 3 is 2.59 bits per heavy atom. The molecule has 0 saturated heterocycles. The van der Waals surface area contributed by atoms with Crippen LogP contribution in [0.3, 0.4) is 0 Å². The van der Waals surface area contributed by atoms with Gasteiger partial charge in [0.15, 0.2) is 5.82 Å². The van der Waals surface area contributed by atoms with Crippen LogP contribution in [0.2, 0.25) is 0 Å². The summed E-state index contributed by atoms with van der Waals surface area (Å²) in [6.07, 6.45) is 4.77. The minimum absolute atomic E-state index is 0.664. The van der Waals surface area contributed by atoms with E-state index in [4.69, 9.17) is 9.84 Å². The summed E-state index contributed by atoms with van der Waals surface area (Å²) in [5.74, 6) is 1.54. The summed E-state index contributed by atoms with van der Waals surface area (Å²) < 4.78 is 7.78. The molecule has 4 rings (SSSR count). The summed E-state index contributed by atoms with van der Waals surface area (Å²) in [6.45, 7) is 2.76. The van der Waals surface area contributed by atoms with E-state index >= 15 is 0 Å². The van der Waals surface area contributed by atoms with Gasteiger partial charge in [-0.05, 0) is 29.5 Å². The summed E-state index contributed by atoms with van der Waals surface area (Å²) in [5, 5.41) is 16.4. The molecule has 0 fully saturated rings. The van der Waals surface area contributed by atoms with Gasteiger partial charge < -0.3 is 4.74 Å². The minimum atomic E-state index is 0.664. The molecule has 0 amide bonds. The van der Waals surface area contributed by atoms with Crippen molar-refractivity contribution < 1.29 is 4.74 Å². The number of nitrogens with zero attached hydrogens (tertiary/aromatic N) is 4. The molecule has 5 nitrogen and oxygen atoms in total. The Balaban J connectivity index is 1.82. The first-order valence-corrected chi connectivity index (χ1v) is 10.8. The number of benzene rings is 3. The van der Waals surface area contributed by atoms with Crippen LogP contribution in [0, 0.1) is 0 Å². The van der Waals surface area contributed by atoms with Gasteiger partial charge in [0.2, 0.25) is 5.16 Å². The molecule has 0 aliphatic carbocycles. The van der Waals surface area contributed by atoms with E-state index in [0.29, 0.717) is 12.4 Å². The zero-order valence-corrected chi connectivity index (χ0v) is 17.3. The number of fused-ring (bicyclic) bond motifs is 1. The topological polar surface area (TPSA) is 52.3 Å². The molecular weight excluding hydrogens is 380 g/mol. The van der Waals surface area contributed by atoms with Gasteiger partial charge in [0, 0.05) is 11.1 Å². The maximum atomic E-state index is 6.00. The summed E-state index contributed by atoms with van der Waals surface area (Å²) >= 11 is 1.51. The van der Waals surface area contributed by atoms with E-state index < -0.39 is 0 Å². The molecule has 146 valence electrons. The van der Waals surface area contributed by atoms with Crippen molar-refractivity contribution in [1.82, 2.24) is 14.9 Å². The SMILES string of the molecule is CCCOc1ccc2ccccc2c1C=Nn1c(SC)nnc1-c1ccccc1. The van der Waals surface area contributed by atoms with Crippen LogP contribution in [0.15, 0.2) is 77.0 Å². The van der Waals surface area contributed by atoms with Gasteiger partial charge in [-0.3, -0.25) is 0 Å². The highest BCUT2D eigenvalue weighted by Crippen LogP contribution is 2.28. The van der Waals surface area contributed by atoms with Gasteiger partial charge in [0.1, 0.15) is 5.75 Å². The Morgan fingerprint density at radius 2 is 1.79 bits per heavy atom. The van der Waals surface area contributed by atoms with Crippen LogP contribution in [-0.4, -0.2) is 34.0 Å². The largest absolute Gasteiger partial charge is 0.493 e. The highest BCUT2D eigenvalue weighted by molar-refractivity contribution is 7.98. The van der Waals surface area contributed by atoms with E-state index in [2.05, 4.69) is 35.3 Å². The Labute approximate surface area is 174 Å². The van der Waals surface area contributed by atoms with Gasteiger partial charge in [-0.15, -0.1) is 10.2 Å². The Hall–Kier alpha value is -3.12. The molecule has 0 saturated carbocycles. The molecule has 0 unspecified atom stereocenters. The first kappa shape index (κ1) is 19.2. The molecule has 0 spiro atoms. The molecular formula is C23H22N4OS. The second-order valence-corrected chi connectivity index (χ2v) is 7.25. The van der Waals surface area contributed by atoms with Crippen LogP contribution >= 0.6 is 11.8 Å². The van der Waals surface area contributed by atoms with E-state index in [9.17, 15) is 0 Å². The summed E-state index contributed by atoms with van der Waals surface area (Å²) in [4.78, 5) is 0. The lowest BCUT2D eigenvalue weighted by Gasteiger charge is -2.11. The second-order valence-electron chi connectivity index (χ2n) is 6.48. The molecule has 1 heterocycles. The maximum absolute atomic E-state index is 6.00. The normalized spacial score (nSPS) is 11.4. The van der Waals surface area contributed by atoms with Crippen LogP contribution in [0.1, 0.15) is 18.9 Å². The summed E-state index contributed by atoms with van der Waals surface area (Å²) in [6, 6.07) is 22.3. The van der Waals surface area contributed by atoms with Gasteiger partial charge in [-0.25, -0.2) is 0 Å². The summed E-state index contributed by atoms with van der Waals surface area (Å²) in [5.41, 5.74) is 1.93. The fourth-order valence-electron chi connectivity index (χ4n) is 3.13. The van der Waals surface area contributed by atoms with Crippen LogP contribution in [-0.2, 0) is 0 Å².